The van der Waals surface area contributed by atoms with E-state index >= 15 is 0 Å². The lowest BCUT2D eigenvalue weighted by atomic mass is 10.2. The highest BCUT2D eigenvalue weighted by Crippen LogP contribution is 2.33. The quantitative estimate of drug-likeness (QED) is 0.707. The van der Waals surface area contributed by atoms with Gasteiger partial charge in [0, 0.05) is 18.5 Å². The zero-order chi connectivity index (χ0) is 17.5. The molecule has 0 saturated carbocycles. The number of nitriles is 1. The number of anilines is 1. The van der Waals surface area contributed by atoms with Gasteiger partial charge in [0.15, 0.2) is 11.5 Å². The minimum Gasteiger partial charge on any atom is -0.493 e. The van der Waals surface area contributed by atoms with Gasteiger partial charge in [-0.2, -0.15) is 10.2 Å². The van der Waals surface area contributed by atoms with Crippen LogP contribution in [0.4, 0.5) is 5.88 Å². The molecule has 0 amide bonds. The number of aromatic nitrogens is 1. The summed E-state index contributed by atoms with van der Waals surface area (Å²) in [4.78, 5) is 5.63. The minimum atomic E-state index is 0.247. The van der Waals surface area contributed by atoms with Crippen molar-refractivity contribution in [3.05, 3.63) is 23.9 Å². The average Bonchev–Trinajstić information content (AvgIpc) is 3.01. The molecule has 0 aliphatic heterocycles. The summed E-state index contributed by atoms with van der Waals surface area (Å²) in [6.45, 7) is 1.76. The third-order valence-electron chi connectivity index (χ3n) is 3.50. The molecule has 0 saturated heterocycles. The highest BCUT2D eigenvalue weighted by Gasteiger charge is 2.16. The van der Waals surface area contributed by atoms with Gasteiger partial charge >= 0.3 is 0 Å². The van der Waals surface area contributed by atoms with Crippen molar-refractivity contribution in [2.24, 2.45) is 0 Å². The predicted molar refractivity (Wildman–Crippen MR) is 90.5 cm³/mol. The molecule has 7 nitrogen and oxygen atoms in total. The van der Waals surface area contributed by atoms with E-state index in [-0.39, 0.29) is 5.69 Å². The Bertz CT molecular complexity index is 719. The van der Waals surface area contributed by atoms with Crippen molar-refractivity contribution in [2.45, 2.75) is 6.42 Å². The normalized spacial score (nSPS) is 10.5. The molecule has 0 aliphatic carbocycles. The zero-order valence-corrected chi connectivity index (χ0v) is 14.5. The molecule has 128 valence electrons. The summed E-state index contributed by atoms with van der Waals surface area (Å²) in [6.07, 6.45) is 0.972. The largest absolute Gasteiger partial charge is 0.493 e. The van der Waals surface area contributed by atoms with Gasteiger partial charge in [-0.05, 0) is 18.2 Å². The van der Waals surface area contributed by atoms with Gasteiger partial charge in [-0.3, -0.25) is 0 Å². The molecule has 2 rings (SSSR count). The van der Waals surface area contributed by atoms with Gasteiger partial charge in [0.1, 0.15) is 6.07 Å². The number of quaternary nitrogens is 1. The molecule has 7 heteroatoms. The average molecular weight is 331 g/mol. The number of rotatable bonds is 8. The maximum atomic E-state index is 9.25. The maximum Gasteiger partial charge on any atom is 0.232 e. The lowest BCUT2D eigenvalue weighted by Crippen LogP contribution is -3.05. The molecule has 0 unspecified atom stereocenters. The van der Waals surface area contributed by atoms with Crippen LogP contribution in [0.2, 0.25) is 0 Å². The fourth-order valence-corrected chi connectivity index (χ4v) is 2.25. The van der Waals surface area contributed by atoms with Gasteiger partial charge < -0.3 is 24.1 Å². The highest BCUT2D eigenvalue weighted by molar-refractivity contribution is 5.63. The van der Waals surface area contributed by atoms with Crippen molar-refractivity contribution in [3.63, 3.8) is 0 Å². The van der Waals surface area contributed by atoms with Gasteiger partial charge in [-0.1, -0.05) is 0 Å². The molecule has 2 N–H and O–H groups in total. The second-order valence-electron chi connectivity index (χ2n) is 5.62. The van der Waals surface area contributed by atoms with E-state index in [2.05, 4.69) is 30.5 Å². The Kier molecular flexibility index (Phi) is 6.04. The van der Waals surface area contributed by atoms with Gasteiger partial charge in [0.25, 0.3) is 0 Å². The summed E-state index contributed by atoms with van der Waals surface area (Å²) in [6, 6.07) is 7.42. The van der Waals surface area contributed by atoms with Crippen LogP contribution >= 0.6 is 0 Å². The van der Waals surface area contributed by atoms with Crippen molar-refractivity contribution in [1.82, 2.24) is 4.98 Å². The fourth-order valence-electron chi connectivity index (χ4n) is 2.25. The summed E-state index contributed by atoms with van der Waals surface area (Å²) < 4.78 is 16.2. The van der Waals surface area contributed by atoms with Crippen LogP contribution in [-0.2, 0) is 0 Å². The monoisotopic (exact) mass is 331 g/mol. The SMILES string of the molecule is COc1ccc(-c2nc(C#N)c(NCCC[NH+](C)C)o2)cc1OC. The molecule has 0 fully saturated rings. The molecule has 2 aromatic rings. The van der Waals surface area contributed by atoms with Crippen molar-refractivity contribution in [2.75, 3.05) is 46.7 Å². The van der Waals surface area contributed by atoms with Crippen LogP contribution in [0.5, 0.6) is 11.5 Å². The lowest BCUT2D eigenvalue weighted by Gasteiger charge is -2.08. The second kappa shape index (κ2) is 8.22. The Morgan fingerprint density at radius 1 is 1.25 bits per heavy atom. The minimum absolute atomic E-state index is 0.247. The van der Waals surface area contributed by atoms with Crippen molar-refractivity contribution < 1.29 is 18.8 Å². The Labute approximate surface area is 141 Å². The molecule has 0 atom stereocenters. The highest BCUT2D eigenvalue weighted by atomic mass is 16.5. The van der Waals surface area contributed by atoms with Crippen LogP contribution in [0.25, 0.3) is 11.5 Å². The van der Waals surface area contributed by atoms with Gasteiger partial charge in [-0.25, -0.2) is 0 Å². The summed E-state index contributed by atoms with van der Waals surface area (Å²) in [5, 5.41) is 12.4. The third-order valence-corrected chi connectivity index (χ3v) is 3.50. The van der Waals surface area contributed by atoms with Crippen molar-refractivity contribution in [3.8, 4) is 29.0 Å². The number of ether oxygens (including phenoxy) is 2. The molecular weight excluding hydrogens is 308 g/mol. The number of methoxy groups -OCH3 is 2. The molecule has 24 heavy (non-hydrogen) atoms. The first-order valence-corrected chi connectivity index (χ1v) is 7.75. The van der Waals surface area contributed by atoms with Crippen LogP contribution in [0, 0.1) is 11.3 Å². The maximum absolute atomic E-state index is 9.25. The Morgan fingerprint density at radius 2 is 2.00 bits per heavy atom. The predicted octanol–water partition coefficient (Wildman–Crippen LogP) is 1.18. The van der Waals surface area contributed by atoms with Crippen LogP contribution < -0.4 is 19.7 Å². The summed E-state index contributed by atoms with van der Waals surface area (Å²) in [5.41, 5.74) is 0.965. The molecule has 1 aromatic carbocycles. The number of nitrogens with zero attached hydrogens (tertiary/aromatic N) is 2. The molecule has 1 heterocycles. The van der Waals surface area contributed by atoms with E-state index in [1.54, 1.807) is 26.4 Å². The number of oxazole rings is 1. The van der Waals surface area contributed by atoms with Gasteiger partial charge in [0.05, 0.1) is 34.9 Å². The lowest BCUT2D eigenvalue weighted by molar-refractivity contribution is -0.858. The molecule has 0 radical (unpaired) electrons. The van der Waals surface area contributed by atoms with Crippen molar-refractivity contribution >= 4 is 5.88 Å². The number of nitrogens with one attached hydrogen (secondary N) is 2. The number of benzene rings is 1. The van der Waals surface area contributed by atoms with E-state index in [4.69, 9.17) is 13.9 Å². The third kappa shape index (κ3) is 4.18. The number of hydrogen-bond acceptors (Lipinski definition) is 6. The van der Waals surface area contributed by atoms with E-state index in [9.17, 15) is 5.26 Å². The summed E-state index contributed by atoms with van der Waals surface area (Å²) >= 11 is 0. The van der Waals surface area contributed by atoms with Crippen LogP contribution in [0.15, 0.2) is 22.6 Å². The smallest absolute Gasteiger partial charge is 0.232 e. The van der Waals surface area contributed by atoms with Gasteiger partial charge in [0.2, 0.25) is 17.5 Å². The van der Waals surface area contributed by atoms with E-state index in [1.165, 1.54) is 4.90 Å². The Hall–Kier alpha value is -2.72. The molecule has 0 spiro atoms. The summed E-state index contributed by atoms with van der Waals surface area (Å²) in [7, 11) is 7.35. The van der Waals surface area contributed by atoms with Gasteiger partial charge in [-0.15, -0.1) is 0 Å². The first kappa shape index (κ1) is 17.6. The fraction of sp³-hybridized carbons (Fsp3) is 0.412. The topological polar surface area (TPSA) is 84.8 Å². The zero-order valence-electron chi connectivity index (χ0n) is 14.5. The standard InChI is InChI=1S/C17H22N4O3/c1-21(2)9-5-8-19-17-13(11-18)20-16(24-17)12-6-7-14(22-3)15(10-12)23-4/h6-7,10,19H,5,8-9H2,1-4H3/p+1. The van der Waals surface area contributed by atoms with E-state index < -0.39 is 0 Å². The second-order valence-corrected chi connectivity index (χ2v) is 5.62. The van der Waals surface area contributed by atoms with E-state index in [0.717, 1.165) is 25.1 Å². The van der Waals surface area contributed by atoms with E-state index in [1.807, 2.05) is 6.07 Å². The van der Waals surface area contributed by atoms with Crippen LogP contribution in [0.1, 0.15) is 12.1 Å². The first-order chi connectivity index (χ1) is 11.6. The van der Waals surface area contributed by atoms with Crippen LogP contribution in [0.3, 0.4) is 0 Å². The van der Waals surface area contributed by atoms with Crippen LogP contribution in [-0.4, -0.2) is 46.4 Å². The number of hydrogen-bond donors (Lipinski definition) is 2. The summed E-state index contributed by atoms with van der Waals surface area (Å²) in [5.74, 6) is 1.97. The first-order valence-electron chi connectivity index (χ1n) is 7.75. The Balaban J connectivity index is 2.18. The molecular formula is C17H23N4O3+. The Morgan fingerprint density at radius 3 is 2.62 bits per heavy atom. The molecule has 1 aromatic heterocycles. The van der Waals surface area contributed by atoms with E-state index in [0.29, 0.717) is 23.3 Å². The molecule has 0 aliphatic rings. The van der Waals surface area contributed by atoms with Crippen molar-refractivity contribution in [1.29, 1.82) is 5.26 Å². The molecule has 0 bridgehead atoms.